The number of aryl methyl sites for hydroxylation is 2. The van der Waals surface area contributed by atoms with Crippen LogP contribution in [0.5, 0.6) is 0 Å². The Labute approximate surface area is 131 Å². The third kappa shape index (κ3) is 2.83. The molecule has 2 heterocycles. The van der Waals surface area contributed by atoms with E-state index in [-0.39, 0.29) is 0 Å². The summed E-state index contributed by atoms with van der Waals surface area (Å²) in [6, 6.07) is 11.3. The van der Waals surface area contributed by atoms with Gasteiger partial charge in [-0.1, -0.05) is 12.1 Å². The number of benzene rings is 1. The molecule has 4 heteroatoms. The molecule has 1 unspecified atom stereocenters. The van der Waals surface area contributed by atoms with E-state index in [2.05, 4.69) is 45.1 Å². The number of nitrogens with one attached hydrogen (secondary N) is 2. The van der Waals surface area contributed by atoms with E-state index in [0.29, 0.717) is 6.04 Å². The van der Waals surface area contributed by atoms with Crippen LogP contribution < -0.4 is 10.6 Å². The SMILES string of the molecule is c1cc2c(cc1-c1ccc(NC3CCNC3)nn1)CCCC2. The molecule has 1 atom stereocenters. The van der Waals surface area contributed by atoms with Crippen LogP contribution in [0.3, 0.4) is 0 Å². The van der Waals surface area contributed by atoms with E-state index < -0.39 is 0 Å². The van der Waals surface area contributed by atoms with Gasteiger partial charge in [0.25, 0.3) is 0 Å². The minimum absolute atomic E-state index is 0.476. The van der Waals surface area contributed by atoms with E-state index >= 15 is 0 Å². The van der Waals surface area contributed by atoms with Crippen LogP contribution in [0.4, 0.5) is 5.82 Å². The maximum absolute atomic E-state index is 4.41. The Morgan fingerprint density at radius 2 is 1.91 bits per heavy atom. The van der Waals surface area contributed by atoms with Crippen LogP contribution in [0, 0.1) is 0 Å². The maximum atomic E-state index is 4.41. The fraction of sp³-hybridized carbons (Fsp3) is 0.444. The molecule has 114 valence electrons. The van der Waals surface area contributed by atoms with E-state index in [1.807, 2.05) is 6.07 Å². The second-order valence-corrected chi connectivity index (χ2v) is 6.33. The molecule has 1 saturated heterocycles. The van der Waals surface area contributed by atoms with Crippen LogP contribution in [0.25, 0.3) is 11.3 Å². The minimum Gasteiger partial charge on any atom is -0.365 e. The van der Waals surface area contributed by atoms with Crippen molar-refractivity contribution < 1.29 is 0 Å². The summed E-state index contributed by atoms with van der Waals surface area (Å²) >= 11 is 0. The predicted octanol–water partition coefficient (Wildman–Crippen LogP) is 2.80. The molecule has 1 aliphatic carbocycles. The van der Waals surface area contributed by atoms with Gasteiger partial charge in [-0.3, -0.25) is 0 Å². The number of nitrogens with zero attached hydrogens (tertiary/aromatic N) is 2. The molecular weight excluding hydrogens is 272 g/mol. The van der Waals surface area contributed by atoms with E-state index in [1.165, 1.54) is 42.4 Å². The van der Waals surface area contributed by atoms with Crippen molar-refractivity contribution in [3.8, 4) is 11.3 Å². The van der Waals surface area contributed by atoms with Crippen molar-refractivity contribution in [3.63, 3.8) is 0 Å². The molecule has 1 aromatic heterocycles. The van der Waals surface area contributed by atoms with Crippen molar-refractivity contribution in [2.45, 2.75) is 38.1 Å². The molecule has 1 aliphatic heterocycles. The summed E-state index contributed by atoms with van der Waals surface area (Å²) < 4.78 is 0. The highest BCUT2D eigenvalue weighted by molar-refractivity contribution is 5.61. The minimum atomic E-state index is 0.476. The van der Waals surface area contributed by atoms with Crippen molar-refractivity contribution in [1.82, 2.24) is 15.5 Å². The quantitative estimate of drug-likeness (QED) is 0.914. The number of aromatic nitrogens is 2. The monoisotopic (exact) mass is 294 g/mol. The number of rotatable bonds is 3. The Hall–Kier alpha value is -1.94. The molecule has 0 spiro atoms. The number of anilines is 1. The van der Waals surface area contributed by atoms with Gasteiger partial charge in [0.2, 0.25) is 0 Å². The fourth-order valence-corrected chi connectivity index (χ4v) is 3.44. The van der Waals surface area contributed by atoms with Crippen LogP contribution in [0.1, 0.15) is 30.4 Å². The molecule has 0 amide bonds. The van der Waals surface area contributed by atoms with Crippen molar-refractivity contribution in [1.29, 1.82) is 0 Å². The Balaban J connectivity index is 1.52. The molecule has 2 N–H and O–H groups in total. The summed E-state index contributed by atoms with van der Waals surface area (Å²) in [5.41, 5.74) is 5.14. The highest BCUT2D eigenvalue weighted by Gasteiger charge is 2.15. The number of fused-ring (bicyclic) bond motifs is 1. The average molecular weight is 294 g/mol. The van der Waals surface area contributed by atoms with E-state index in [9.17, 15) is 0 Å². The molecule has 22 heavy (non-hydrogen) atoms. The molecule has 4 nitrogen and oxygen atoms in total. The van der Waals surface area contributed by atoms with Crippen molar-refractivity contribution in [2.24, 2.45) is 0 Å². The van der Waals surface area contributed by atoms with E-state index in [0.717, 1.165) is 31.0 Å². The van der Waals surface area contributed by atoms with Gasteiger partial charge in [-0.2, -0.15) is 0 Å². The van der Waals surface area contributed by atoms with Crippen LogP contribution in [-0.2, 0) is 12.8 Å². The van der Waals surface area contributed by atoms with E-state index in [1.54, 1.807) is 0 Å². The summed E-state index contributed by atoms with van der Waals surface area (Å²) in [6.07, 6.45) is 6.20. The van der Waals surface area contributed by atoms with Gasteiger partial charge in [-0.25, -0.2) is 0 Å². The van der Waals surface area contributed by atoms with Gasteiger partial charge in [-0.05, 0) is 68.0 Å². The molecule has 2 aromatic rings. The highest BCUT2D eigenvalue weighted by Crippen LogP contribution is 2.26. The average Bonchev–Trinajstić information content (AvgIpc) is 3.08. The normalized spacial score (nSPS) is 20.6. The zero-order chi connectivity index (χ0) is 14.8. The molecule has 0 saturated carbocycles. The predicted molar refractivity (Wildman–Crippen MR) is 89.0 cm³/mol. The lowest BCUT2D eigenvalue weighted by atomic mass is 9.90. The van der Waals surface area contributed by atoms with Crippen molar-refractivity contribution >= 4 is 5.82 Å². The molecular formula is C18H22N4. The van der Waals surface area contributed by atoms with Gasteiger partial charge in [0.1, 0.15) is 5.82 Å². The summed E-state index contributed by atoms with van der Waals surface area (Å²) in [4.78, 5) is 0. The first kappa shape index (κ1) is 13.7. The zero-order valence-corrected chi connectivity index (χ0v) is 12.8. The Kier molecular flexibility index (Phi) is 3.77. The smallest absolute Gasteiger partial charge is 0.148 e. The molecule has 1 aromatic carbocycles. The van der Waals surface area contributed by atoms with Crippen molar-refractivity contribution in [3.05, 3.63) is 41.5 Å². The molecule has 0 radical (unpaired) electrons. The second kappa shape index (κ2) is 6.05. The third-order valence-corrected chi connectivity index (χ3v) is 4.72. The van der Waals surface area contributed by atoms with Gasteiger partial charge in [-0.15, -0.1) is 10.2 Å². The Morgan fingerprint density at radius 3 is 2.68 bits per heavy atom. The first-order chi connectivity index (χ1) is 10.9. The number of hydrogen-bond acceptors (Lipinski definition) is 4. The molecule has 2 aliphatic rings. The zero-order valence-electron chi connectivity index (χ0n) is 12.8. The highest BCUT2D eigenvalue weighted by atomic mass is 15.2. The fourth-order valence-electron chi connectivity index (χ4n) is 3.44. The van der Waals surface area contributed by atoms with Crippen LogP contribution in [0.15, 0.2) is 30.3 Å². The number of hydrogen-bond donors (Lipinski definition) is 2. The molecule has 0 bridgehead atoms. The first-order valence-electron chi connectivity index (χ1n) is 8.32. The van der Waals surface area contributed by atoms with E-state index in [4.69, 9.17) is 0 Å². The first-order valence-corrected chi connectivity index (χ1v) is 8.32. The van der Waals surface area contributed by atoms with Crippen LogP contribution >= 0.6 is 0 Å². The third-order valence-electron chi connectivity index (χ3n) is 4.72. The maximum Gasteiger partial charge on any atom is 0.148 e. The Bertz CT molecular complexity index is 645. The standard InChI is InChI=1S/C18H22N4/c1-2-4-14-11-15(6-5-13(14)3-1)17-7-8-18(22-21-17)20-16-9-10-19-12-16/h5-8,11,16,19H,1-4,9-10,12H2,(H,20,22). The topological polar surface area (TPSA) is 49.8 Å². The van der Waals surface area contributed by atoms with Crippen LogP contribution in [-0.4, -0.2) is 29.3 Å². The summed E-state index contributed by atoms with van der Waals surface area (Å²) in [5, 5.41) is 15.5. The van der Waals surface area contributed by atoms with Gasteiger partial charge in [0, 0.05) is 18.2 Å². The lowest BCUT2D eigenvalue weighted by molar-refractivity contribution is 0.686. The van der Waals surface area contributed by atoms with Crippen LogP contribution in [0.2, 0.25) is 0 Å². The molecule has 1 fully saturated rings. The van der Waals surface area contributed by atoms with Crippen molar-refractivity contribution in [2.75, 3.05) is 18.4 Å². The molecule has 4 rings (SSSR count). The summed E-state index contributed by atoms with van der Waals surface area (Å²) in [6.45, 7) is 2.09. The lowest BCUT2D eigenvalue weighted by Gasteiger charge is -2.16. The van der Waals surface area contributed by atoms with Gasteiger partial charge >= 0.3 is 0 Å². The largest absolute Gasteiger partial charge is 0.365 e. The van der Waals surface area contributed by atoms with Gasteiger partial charge in [0.05, 0.1) is 5.69 Å². The van der Waals surface area contributed by atoms with Gasteiger partial charge in [0.15, 0.2) is 0 Å². The Morgan fingerprint density at radius 1 is 1.00 bits per heavy atom. The summed E-state index contributed by atoms with van der Waals surface area (Å²) in [7, 11) is 0. The second-order valence-electron chi connectivity index (χ2n) is 6.33. The lowest BCUT2D eigenvalue weighted by Crippen LogP contribution is -2.22. The van der Waals surface area contributed by atoms with Gasteiger partial charge < -0.3 is 10.6 Å². The summed E-state index contributed by atoms with van der Waals surface area (Å²) in [5.74, 6) is 0.871.